The van der Waals surface area contributed by atoms with Crippen LogP contribution in [0.4, 0.5) is 0 Å². The molecule has 2 aliphatic rings. The lowest BCUT2D eigenvalue weighted by molar-refractivity contribution is 0.0701. The average Bonchev–Trinajstić information content (AvgIpc) is 3.43. The van der Waals surface area contributed by atoms with Crippen molar-refractivity contribution in [2.45, 2.75) is 79.7 Å². The Kier molecular flexibility index (Phi) is 7.59. The van der Waals surface area contributed by atoms with Crippen LogP contribution in [0.25, 0.3) is 5.57 Å². The van der Waals surface area contributed by atoms with Crippen molar-refractivity contribution < 1.29 is 9.90 Å². The number of carboxylic acids is 1. The molecule has 2 aromatic rings. The lowest BCUT2D eigenvalue weighted by Crippen LogP contribution is -2.36. The fourth-order valence-corrected chi connectivity index (χ4v) is 6.37. The zero-order valence-corrected chi connectivity index (χ0v) is 22.8. The summed E-state index contributed by atoms with van der Waals surface area (Å²) in [4.78, 5) is 16.1. The zero-order chi connectivity index (χ0) is 25.3. The van der Waals surface area contributed by atoms with Gasteiger partial charge in [0.25, 0.3) is 0 Å². The molecule has 1 fully saturated rings. The van der Waals surface area contributed by atoms with Crippen molar-refractivity contribution in [3.63, 3.8) is 0 Å². The Morgan fingerprint density at radius 2 is 2.00 bits per heavy atom. The second kappa shape index (κ2) is 10.3. The van der Waals surface area contributed by atoms with Crippen molar-refractivity contribution in [1.29, 1.82) is 0 Å². The number of H-pyrrole nitrogens is 1. The maximum absolute atomic E-state index is 12.3. The summed E-state index contributed by atoms with van der Waals surface area (Å²) in [7, 11) is 0. The maximum atomic E-state index is 12.3. The maximum Gasteiger partial charge on any atom is 0.346 e. The van der Waals surface area contributed by atoms with Crippen LogP contribution in [0.5, 0.6) is 0 Å². The van der Waals surface area contributed by atoms with Crippen molar-refractivity contribution in [3.05, 3.63) is 44.4 Å². The van der Waals surface area contributed by atoms with E-state index in [0.717, 1.165) is 41.6 Å². The Balaban J connectivity index is 1.75. The predicted octanol–water partition coefficient (Wildman–Crippen LogP) is 6.92. The first-order chi connectivity index (χ1) is 16.5. The third-order valence-electron chi connectivity index (χ3n) is 7.60. The van der Waals surface area contributed by atoms with Gasteiger partial charge in [0.05, 0.1) is 11.1 Å². The largest absolute Gasteiger partial charge is 0.477 e. The van der Waals surface area contributed by atoms with E-state index < -0.39 is 5.97 Å². The number of nitrogens with zero attached hydrogens (tertiary/aromatic N) is 2. The van der Waals surface area contributed by atoms with Crippen molar-refractivity contribution >= 4 is 22.9 Å². The van der Waals surface area contributed by atoms with E-state index in [0.29, 0.717) is 10.8 Å². The summed E-state index contributed by atoms with van der Waals surface area (Å²) in [5.74, 6) is 6.98. The molecule has 188 valence electrons. The van der Waals surface area contributed by atoms with Crippen LogP contribution < -0.4 is 0 Å². The summed E-state index contributed by atoms with van der Waals surface area (Å²) >= 11 is 1.32. The van der Waals surface area contributed by atoms with Gasteiger partial charge in [0, 0.05) is 41.4 Å². The van der Waals surface area contributed by atoms with E-state index in [1.54, 1.807) is 0 Å². The molecule has 5 nitrogen and oxygen atoms in total. The fraction of sp³-hybridized carbons (Fsp3) is 0.586. The molecule has 35 heavy (non-hydrogen) atoms. The Labute approximate surface area is 214 Å². The number of carboxylic acid groups (broad SMARTS) is 1. The highest BCUT2D eigenvalue weighted by molar-refractivity contribution is 7.14. The van der Waals surface area contributed by atoms with Gasteiger partial charge in [-0.25, -0.2) is 4.79 Å². The summed E-state index contributed by atoms with van der Waals surface area (Å²) in [6.45, 7) is 14.7. The second-order valence-corrected chi connectivity index (χ2v) is 12.5. The van der Waals surface area contributed by atoms with Gasteiger partial charge in [-0.15, -0.1) is 11.3 Å². The number of rotatable bonds is 5. The highest BCUT2D eigenvalue weighted by Gasteiger charge is 2.33. The molecule has 1 aliphatic heterocycles. The highest BCUT2D eigenvalue weighted by Crippen LogP contribution is 2.43. The van der Waals surface area contributed by atoms with E-state index in [4.69, 9.17) is 0 Å². The molecule has 4 rings (SSSR count). The van der Waals surface area contributed by atoms with E-state index in [2.05, 4.69) is 68.5 Å². The number of hydrogen-bond acceptors (Lipinski definition) is 4. The van der Waals surface area contributed by atoms with Crippen LogP contribution >= 0.6 is 11.3 Å². The Morgan fingerprint density at radius 3 is 2.60 bits per heavy atom. The number of aromatic carboxylic acids is 1. The van der Waals surface area contributed by atoms with Crippen LogP contribution in [-0.2, 0) is 0 Å². The van der Waals surface area contributed by atoms with E-state index in [9.17, 15) is 9.90 Å². The molecule has 2 aromatic heterocycles. The lowest BCUT2D eigenvalue weighted by atomic mass is 9.75. The number of thiophene rings is 1. The normalized spacial score (nSPS) is 22.6. The third-order valence-corrected chi connectivity index (χ3v) is 8.64. The first-order valence-electron chi connectivity index (χ1n) is 12.9. The second-order valence-electron chi connectivity index (χ2n) is 11.5. The van der Waals surface area contributed by atoms with Gasteiger partial charge in [-0.05, 0) is 82.9 Å². The van der Waals surface area contributed by atoms with Gasteiger partial charge in [0.2, 0.25) is 0 Å². The summed E-state index contributed by atoms with van der Waals surface area (Å²) in [6.07, 6.45) is 7.69. The SMILES string of the molecule is Cc1[nH]ncc1C(C)N1CCC(c2cc(C#CC(C)(C)C)sc2C(=O)O)=C(C2CCC(C)CC2)C1. The van der Waals surface area contributed by atoms with Gasteiger partial charge in [-0.3, -0.25) is 10.00 Å². The smallest absolute Gasteiger partial charge is 0.346 e. The van der Waals surface area contributed by atoms with Gasteiger partial charge in [-0.1, -0.05) is 31.6 Å². The molecule has 0 radical (unpaired) electrons. The Morgan fingerprint density at radius 1 is 1.29 bits per heavy atom. The quantitative estimate of drug-likeness (QED) is 0.444. The monoisotopic (exact) mass is 493 g/mol. The lowest BCUT2D eigenvalue weighted by Gasteiger charge is -2.39. The van der Waals surface area contributed by atoms with Crippen LogP contribution in [0.15, 0.2) is 17.8 Å². The van der Waals surface area contributed by atoms with Gasteiger partial charge in [0.15, 0.2) is 0 Å². The predicted molar refractivity (Wildman–Crippen MR) is 144 cm³/mol. The molecule has 1 aliphatic carbocycles. The van der Waals surface area contributed by atoms with Crippen LogP contribution in [0, 0.1) is 36.0 Å². The number of nitrogens with one attached hydrogen (secondary N) is 1. The number of hydrogen-bond donors (Lipinski definition) is 2. The molecule has 1 unspecified atom stereocenters. The van der Waals surface area contributed by atoms with Crippen LogP contribution in [0.3, 0.4) is 0 Å². The van der Waals surface area contributed by atoms with Crippen molar-refractivity contribution in [2.24, 2.45) is 17.3 Å². The summed E-state index contributed by atoms with van der Waals surface area (Å²) < 4.78 is 0. The zero-order valence-electron chi connectivity index (χ0n) is 22.0. The number of aryl methyl sites for hydroxylation is 1. The van der Waals surface area contributed by atoms with E-state index in [1.165, 1.54) is 53.7 Å². The summed E-state index contributed by atoms with van der Waals surface area (Å²) in [5.41, 5.74) is 5.85. The molecule has 1 saturated carbocycles. The molecule has 0 aromatic carbocycles. The van der Waals surface area contributed by atoms with Crippen molar-refractivity contribution in [3.8, 4) is 11.8 Å². The van der Waals surface area contributed by atoms with E-state index >= 15 is 0 Å². The van der Waals surface area contributed by atoms with E-state index in [-0.39, 0.29) is 11.5 Å². The highest BCUT2D eigenvalue weighted by atomic mass is 32.1. The first-order valence-corrected chi connectivity index (χ1v) is 13.7. The molecule has 6 heteroatoms. The minimum absolute atomic E-state index is 0.122. The van der Waals surface area contributed by atoms with Crippen molar-refractivity contribution in [2.75, 3.05) is 13.1 Å². The summed E-state index contributed by atoms with van der Waals surface area (Å²) in [6, 6.07) is 2.31. The van der Waals surface area contributed by atoms with Gasteiger partial charge < -0.3 is 5.11 Å². The van der Waals surface area contributed by atoms with Crippen LogP contribution in [-0.4, -0.2) is 39.3 Å². The van der Waals surface area contributed by atoms with Crippen LogP contribution in [0.1, 0.15) is 104 Å². The molecule has 0 saturated heterocycles. The number of aromatic nitrogens is 2. The molecule has 3 heterocycles. The topological polar surface area (TPSA) is 69.2 Å². The molecule has 1 atom stereocenters. The standard InChI is InChI=1S/C29H39N3O2S/c1-18-7-9-21(10-8-18)26-17-32(20(3)25-16-30-31-19(25)2)14-12-23(26)24-15-22(11-13-29(4,5)6)35-27(24)28(33)34/h15-16,18,20-21H,7-10,12,14,17H2,1-6H3,(H,30,31)(H,33,34). The minimum Gasteiger partial charge on any atom is -0.477 e. The van der Waals surface area contributed by atoms with Gasteiger partial charge >= 0.3 is 5.97 Å². The van der Waals surface area contributed by atoms with Crippen molar-refractivity contribution in [1.82, 2.24) is 15.1 Å². The minimum atomic E-state index is -0.845. The Hall–Kier alpha value is -2.36. The molecule has 2 N–H and O–H groups in total. The molecular formula is C29H39N3O2S. The molecule has 0 bridgehead atoms. The summed E-state index contributed by atoms with van der Waals surface area (Å²) in [5, 5.41) is 17.4. The van der Waals surface area contributed by atoms with Gasteiger partial charge in [-0.2, -0.15) is 5.10 Å². The first kappa shape index (κ1) is 25.7. The number of aromatic amines is 1. The van der Waals surface area contributed by atoms with Crippen LogP contribution in [0.2, 0.25) is 0 Å². The van der Waals surface area contributed by atoms with Gasteiger partial charge in [0.1, 0.15) is 4.88 Å². The van der Waals surface area contributed by atoms with E-state index in [1.807, 2.05) is 12.3 Å². The number of carbonyl (C=O) groups is 1. The molecular weight excluding hydrogens is 454 g/mol. The third kappa shape index (κ3) is 5.90. The average molecular weight is 494 g/mol. The fourth-order valence-electron chi connectivity index (χ4n) is 5.49. The molecule has 0 spiro atoms. The molecule has 0 amide bonds. The Bertz CT molecular complexity index is 1160.